The zero-order chi connectivity index (χ0) is 6.97. The van der Waals surface area contributed by atoms with Crippen LogP contribution in [0.1, 0.15) is 18.5 Å². The normalized spacial score (nSPS) is 17.7. The van der Waals surface area contributed by atoms with Crippen LogP contribution >= 0.6 is 0 Å². The lowest BCUT2D eigenvalue weighted by Crippen LogP contribution is -1.91. The minimum Gasteiger partial charge on any atom is -0.276 e. The van der Waals surface area contributed by atoms with E-state index in [0.717, 1.165) is 5.92 Å². The quantitative estimate of drug-likeness (QED) is 0.600. The number of aryl methyl sites for hydroxylation is 1. The van der Waals surface area contributed by atoms with Gasteiger partial charge in [-0.3, -0.25) is 4.68 Å². The van der Waals surface area contributed by atoms with Gasteiger partial charge in [0.2, 0.25) is 0 Å². The van der Waals surface area contributed by atoms with Gasteiger partial charge in [-0.05, 0) is 31.2 Å². The summed E-state index contributed by atoms with van der Waals surface area (Å²) in [5.41, 5.74) is 1.25. The lowest BCUT2D eigenvalue weighted by atomic mass is 10.2. The molecule has 1 heterocycles. The number of rotatable bonds is 2. The van der Waals surface area contributed by atoms with Crippen molar-refractivity contribution in [3.05, 3.63) is 18.0 Å². The fourth-order valence-corrected chi connectivity index (χ4v) is 1.19. The van der Waals surface area contributed by atoms with E-state index in [9.17, 15) is 0 Å². The third-order valence-corrected chi connectivity index (χ3v) is 1.96. The molecule has 2 rings (SSSR count). The van der Waals surface area contributed by atoms with Crippen LogP contribution in [0.2, 0.25) is 0 Å². The van der Waals surface area contributed by atoms with Gasteiger partial charge in [0, 0.05) is 13.2 Å². The molecule has 0 N–H and O–H groups in total. The maximum atomic E-state index is 4.31. The third-order valence-electron chi connectivity index (χ3n) is 1.96. The fourth-order valence-electron chi connectivity index (χ4n) is 1.19. The first-order chi connectivity index (χ1) is 4.84. The van der Waals surface area contributed by atoms with Crippen molar-refractivity contribution in [2.75, 3.05) is 0 Å². The standard InChI is InChI=1S/C8H12N2/c1-10-5-4-8(9-10)6-7-2-3-7/h4-5,7H,2-3,6H2,1H3. The molecule has 1 aromatic heterocycles. The molecule has 2 nitrogen and oxygen atoms in total. The summed E-state index contributed by atoms with van der Waals surface area (Å²) in [4.78, 5) is 0. The highest BCUT2D eigenvalue weighted by atomic mass is 15.2. The topological polar surface area (TPSA) is 17.8 Å². The predicted molar refractivity (Wildman–Crippen MR) is 39.6 cm³/mol. The Labute approximate surface area is 60.9 Å². The molecule has 1 aromatic rings. The van der Waals surface area contributed by atoms with E-state index in [2.05, 4.69) is 11.2 Å². The predicted octanol–water partition coefficient (Wildman–Crippen LogP) is 1.37. The molecule has 1 aliphatic carbocycles. The summed E-state index contributed by atoms with van der Waals surface area (Å²) in [7, 11) is 1.97. The van der Waals surface area contributed by atoms with Crippen LogP contribution in [0.4, 0.5) is 0 Å². The summed E-state index contributed by atoms with van der Waals surface area (Å²) in [6.07, 6.45) is 6.03. The summed E-state index contributed by atoms with van der Waals surface area (Å²) in [6.45, 7) is 0. The van der Waals surface area contributed by atoms with Gasteiger partial charge in [0.05, 0.1) is 5.69 Å². The van der Waals surface area contributed by atoms with Crippen LogP contribution in [-0.2, 0) is 13.5 Å². The summed E-state index contributed by atoms with van der Waals surface area (Å²) in [6, 6.07) is 2.11. The first-order valence-electron chi connectivity index (χ1n) is 3.83. The number of aromatic nitrogens is 2. The maximum absolute atomic E-state index is 4.31. The van der Waals surface area contributed by atoms with E-state index in [0.29, 0.717) is 0 Å². The van der Waals surface area contributed by atoms with Crippen LogP contribution in [0.15, 0.2) is 12.3 Å². The van der Waals surface area contributed by atoms with Crippen LogP contribution in [0.3, 0.4) is 0 Å². The molecule has 0 radical (unpaired) electrons. The van der Waals surface area contributed by atoms with E-state index in [4.69, 9.17) is 0 Å². The molecule has 1 aliphatic rings. The average Bonchev–Trinajstić information content (AvgIpc) is 2.59. The van der Waals surface area contributed by atoms with Crippen molar-refractivity contribution in [1.82, 2.24) is 9.78 Å². The van der Waals surface area contributed by atoms with Crippen molar-refractivity contribution in [2.24, 2.45) is 13.0 Å². The van der Waals surface area contributed by atoms with Gasteiger partial charge in [-0.1, -0.05) is 0 Å². The second kappa shape index (κ2) is 2.11. The fraction of sp³-hybridized carbons (Fsp3) is 0.625. The van der Waals surface area contributed by atoms with Gasteiger partial charge in [0.15, 0.2) is 0 Å². The molecule has 2 heteroatoms. The highest BCUT2D eigenvalue weighted by Crippen LogP contribution is 2.31. The van der Waals surface area contributed by atoms with Gasteiger partial charge in [-0.15, -0.1) is 0 Å². The molecular formula is C8H12N2. The van der Waals surface area contributed by atoms with Crippen molar-refractivity contribution in [2.45, 2.75) is 19.3 Å². The van der Waals surface area contributed by atoms with Gasteiger partial charge in [0.25, 0.3) is 0 Å². The molecular weight excluding hydrogens is 124 g/mol. The highest BCUT2D eigenvalue weighted by molar-refractivity contribution is 5.01. The molecule has 0 spiro atoms. The average molecular weight is 136 g/mol. The summed E-state index contributed by atoms with van der Waals surface area (Å²) < 4.78 is 1.87. The first kappa shape index (κ1) is 5.96. The Balaban J connectivity index is 2.03. The smallest absolute Gasteiger partial charge is 0.0627 e. The Hall–Kier alpha value is -0.790. The molecule has 0 atom stereocenters. The summed E-state index contributed by atoms with van der Waals surface area (Å²) >= 11 is 0. The van der Waals surface area contributed by atoms with Gasteiger partial charge in [-0.2, -0.15) is 5.10 Å². The molecule has 0 saturated heterocycles. The Morgan fingerprint density at radius 3 is 3.00 bits per heavy atom. The van der Waals surface area contributed by atoms with Gasteiger partial charge >= 0.3 is 0 Å². The molecule has 0 aliphatic heterocycles. The minimum absolute atomic E-state index is 0.954. The molecule has 0 amide bonds. The number of hydrogen-bond acceptors (Lipinski definition) is 1. The summed E-state index contributed by atoms with van der Waals surface area (Å²) in [5.74, 6) is 0.954. The van der Waals surface area contributed by atoms with Crippen molar-refractivity contribution in [3.8, 4) is 0 Å². The Kier molecular flexibility index (Phi) is 1.26. The van der Waals surface area contributed by atoms with E-state index in [1.807, 2.05) is 17.9 Å². The van der Waals surface area contributed by atoms with E-state index >= 15 is 0 Å². The van der Waals surface area contributed by atoms with Crippen LogP contribution in [0, 0.1) is 5.92 Å². The monoisotopic (exact) mass is 136 g/mol. The van der Waals surface area contributed by atoms with E-state index in [1.165, 1.54) is 25.0 Å². The van der Waals surface area contributed by atoms with E-state index < -0.39 is 0 Å². The zero-order valence-corrected chi connectivity index (χ0v) is 6.25. The zero-order valence-electron chi connectivity index (χ0n) is 6.25. The van der Waals surface area contributed by atoms with Crippen LogP contribution in [0.25, 0.3) is 0 Å². The molecule has 0 bridgehead atoms. The van der Waals surface area contributed by atoms with E-state index in [-0.39, 0.29) is 0 Å². The molecule has 1 fully saturated rings. The largest absolute Gasteiger partial charge is 0.276 e. The van der Waals surface area contributed by atoms with Crippen LogP contribution < -0.4 is 0 Å². The highest BCUT2D eigenvalue weighted by Gasteiger charge is 2.22. The molecule has 0 aromatic carbocycles. The van der Waals surface area contributed by atoms with Crippen molar-refractivity contribution in [1.29, 1.82) is 0 Å². The SMILES string of the molecule is Cn1ccc(CC2CC2)n1. The lowest BCUT2D eigenvalue weighted by molar-refractivity contribution is 0.716. The Morgan fingerprint density at radius 2 is 2.50 bits per heavy atom. The minimum atomic E-state index is 0.954. The second-order valence-corrected chi connectivity index (χ2v) is 3.13. The van der Waals surface area contributed by atoms with Crippen molar-refractivity contribution in [3.63, 3.8) is 0 Å². The molecule has 54 valence electrons. The second-order valence-electron chi connectivity index (χ2n) is 3.13. The number of hydrogen-bond donors (Lipinski definition) is 0. The molecule has 1 saturated carbocycles. The van der Waals surface area contributed by atoms with Gasteiger partial charge in [-0.25, -0.2) is 0 Å². The molecule has 0 unspecified atom stereocenters. The van der Waals surface area contributed by atoms with Crippen LogP contribution in [-0.4, -0.2) is 9.78 Å². The molecule has 10 heavy (non-hydrogen) atoms. The van der Waals surface area contributed by atoms with Gasteiger partial charge in [0.1, 0.15) is 0 Å². The Morgan fingerprint density at radius 1 is 1.70 bits per heavy atom. The van der Waals surface area contributed by atoms with E-state index in [1.54, 1.807) is 0 Å². The maximum Gasteiger partial charge on any atom is 0.0627 e. The summed E-state index contributed by atoms with van der Waals surface area (Å²) in [5, 5.41) is 4.31. The number of nitrogens with zero attached hydrogens (tertiary/aromatic N) is 2. The van der Waals surface area contributed by atoms with Crippen molar-refractivity contribution < 1.29 is 0 Å². The van der Waals surface area contributed by atoms with Crippen molar-refractivity contribution >= 4 is 0 Å². The van der Waals surface area contributed by atoms with Gasteiger partial charge < -0.3 is 0 Å². The first-order valence-corrected chi connectivity index (χ1v) is 3.83. The Bertz CT molecular complexity index is 223. The van der Waals surface area contributed by atoms with Crippen LogP contribution in [0.5, 0.6) is 0 Å². The third kappa shape index (κ3) is 1.20. The lowest BCUT2D eigenvalue weighted by Gasteiger charge is -1.89.